The molecule has 0 fully saturated rings. The van der Waals surface area contributed by atoms with E-state index in [1.54, 1.807) is 0 Å². The van der Waals surface area contributed by atoms with Gasteiger partial charge in [0, 0.05) is 5.56 Å². The van der Waals surface area contributed by atoms with Crippen LogP contribution in [0.3, 0.4) is 0 Å². The van der Waals surface area contributed by atoms with Crippen molar-refractivity contribution in [1.29, 1.82) is 0 Å². The number of phenolic OH excluding ortho intramolecular Hbond substituents is 1. The molecule has 0 saturated heterocycles. The molecule has 0 saturated carbocycles. The number of phenols is 1. The number of alkyl halides is 1. The van der Waals surface area contributed by atoms with E-state index in [-0.39, 0.29) is 17.3 Å². The van der Waals surface area contributed by atoms with Crippen molar-refractivity contribution in [3.63, 3.8) is 0 Å². The summed E-state index contributed by atoms with van der Waals surface area (Å²) in [7, 11) is 0. The summed E-state index contributed by atoms with van der Waals surface area (Å²) in [5, 5.41) is 19.3. The van der Waals surface area contributed by atoms with Crippen LogP contribution in [0.1, 0.15) is 5.56 Å². The van der Waals surface area contributed by atoms with Crippen molar-refractivity contribution in [3.8, 4) is 5.75 Å². The average molecular weight is 188 g/mol. The van der Waals surface area contributed by atoms with Gasteiger partial charge in [0.15, 0.2) is 0 Å². The highest BCUT2D eigenvalue weighted by Gasteiger charge is 2.12. The van der Waals surface area contributed by atoms with Gasteiger partial charge in [-0.05, 0) is 12.1 Å². The van der Waals surface area contributed by atoms with Crippen LogP contribution < -0.4 is 0 Å². The number of hydrogen-bond donors (Lipinski definition) is 1. The van der Waals surface area contributed by atoms with Crippen molar-refractivity contribution in [2.75, 3.05) is 0 Å². The molecule has 0 aromatic heterocycles. The summed E-state index contributed by atoms with van der Waals surface area (Å²) >= 11 is 5.44. The van der Waals surface area contributed by atoms with E-state index in [9.17, 15) is 10.1 Å². The summed E-state index contributed by atoms with van der Waals surface area (Å²) in [6, 6.07) is 3.88. The maximum Gasteiger partial charge on any atom is 0.277 e. The lowest BCUT2D eigenvalue weighted by atomic mass is 10.2. The van der Waals surface area contributed by atoms with Crippen molar-refractivity contribution in [3.05, 3.63) is 33.9 Å². The Labute approximate surface area is 73.5 Å². The fourth-order valence-electron chi connectivity index (χ4n) is 0.835. The molecule has 0 unspecified atom stereocenters. The molecule has 0 amide bonds. The monoisotopic (exact) mass is 187 g/mol. The molecule has 4 nitrogen and oxygen atoms in total. The molecule has 0 heterocycles. The summed E-state index contributed by atoms with van der Waals surface area (Å²) in [6.45, 7) is 0. The lowest BCUT2D eigenvalue weighted by Crippen LogP contribution is -1.92. The normalized spacial score (nSPS) is 9.75. The van der Waals surface area contributed by atoms with E-state index >= 15 is 0 Å². The third kappa shape index (κ3) is 1.65. The molecule has 0 spiro atoms. The van der Waals surface area contributed by atoms with E-state index in [2.05, 4.69) is 0 Å². The highest BCUT2D eigenvalue weighted by molar-refractivity contribution is 6.17. The number of rotatable bonds is 2. The van der Waals surface area contributed by atoms with Crippen LogP contribution in [0.2, 0.25) is 0 Å². The van der Waals surface area contributed by atoms with Gasteiger partial charge in [0.2, 0.25) is 0 Å². The molecule has 5 heteroatoms. The van der Waals surface area contributed by atoms with Crippen molar-refractivity contribution in [1.82, 2.24) is 0 Å². The number of nitro groups is 1. The fraction of sp³-hybridized carbons (Fsp3) is 0.143. The first kappa shape index (κ1) is 8.80. The Bertz CT molecular complexity index is 314. The number of hydrogen-bond acceptors (Lipinski definition) is 3. The van der Waals surface area contributed by atoms with E-state index in [0.29, 0.717) is 5.56 Å². The van der Waals surface area contributed by atoms with Gasteiger partial charge in [-0.2, -0.15) is 0 Å². The highest BCUT2D eigenvalue weighted by Crippen LogP contribution is 2.24. The van der Waals surface area contributed by atoms with Crippen LogP contribution in [0.15, 0.2) is 18.2 Å². The number of aromatic hydroxyl groups is 1. The topological polar surface area (TPSA) is 63.4 Å². The molecular weight excluding hydrogens is 182 g/mol. The first-order chi connectivity index (χ1) is 5.65. The molecule has 0 aliphatic heterocycles. The van der Waals surface area contributed by atoms with E-state index in [4.69, 9.17) is 16.7 Å². The Kier molecular flexibility index (Phi) is 2.50. The summed E-state index contributed by atoms with van der Waals surface area (Å²) in [6.07, 6.45) is 0. The molecule has 1 N–H and O–H groups in total. The minimum atomic E-state index is -0.572. The fourth-order valence-corrected chi connectivity index (χ4v) is 1.06. The quantitative estimate of drug-likeness (QED) is 0.438. The van der Waals surface area contributed by atoms with Crippen molar-refractivity contribution >= 4 is 17.3 Å². The van der Waals surface area contributed by atoms with E-state index in [1.165, 1.54) is 12.1 Å². The smallest absolute Gasteiger partial charge is 0.277 e. The van der Waals surface area contributed by atoms with E-state index < -0.39 is 4.92 Å². The summed E-state index contributed by atoms with van der Waals surface area (Å²) in [4.78, 5) is 9.80. The number of benzene rings is 1. The predicted octanol–water partition coefficient (Wildman–Crippen LogP) is 2.04. The Morgan fingerprint density at radius 2 is 2.25 bits per heavy atom. The molecule has 0 radical (unpaired) electrons. The van der Waals surface area contributed by atoms with Gasteiger partial charge in [0.25, 0.3) is 5.69 Å². The second-order valence-electron chi connectivity index (χ2n) is 2.20. The molecule has 0 aliphatic carbocycles. The lowest BCUT2D eigenvalue weighted by molar-refractivity contribution is -0.385. The van der Waals surface area contributed by atoms with Gasteiger partial charge in [0.05, 0.1) is 16.9 Å². The average Bonchev–Trinajstić information content (AvgIpc) is 2.04. The van der Waals surface area contributed by atoms with Crippen molar-refractivity contribution < 1.29 is 10.0 Å². The molecule has 1 aromatic carbocycles. The minimum absolute atomic E-state index is 0.0661. The second-order valence-corrected chi connectivity index (χ2v) is 2.47. The van der Waals surface area contributed by atoms with Crippen LogP contribution in [-0.2, 0) is 5.88 Å². The molecule has 1 rings (SSSR count). The Balaban J connectivity index is 3.21. The first-order valence-corrected chi connectivity index (χ1v) is 3.71. The summed E-state index contributed by atoms with van der Waals surface area (Å²) < 4.78 is 0. The summed E-state index contributed by atoms with van der Waals surface area (Å²) in [5.41, 5.74) is 0.254. The van der Waals surface area contributed by atoms with Crippen LogP contribution in [0.25, 0.3) is 0 Å². The van der Waals surface area contributed by atoms with Crippen LogP contribution in [0.5, 0.6) is 5.75 Å². The van der Waals surface area contributed by atoms with E-state index in [0.717, 1.165) is 6.07 Å². The van der Waals surface area contributed by atoms with Crippen LogP contribution in [-0.4, -0.2) is 10.0 Å². The molecule has 64 valence electrons. The van der Waals surface area contributed by atoms with Crippen molar-refractivity contribution in [2.45, 2.75) is 5.88 Å². The van der Waals surface area contributed by atoms with Gasteiger partial charge in [0.1, 0.15) is 5.75 Å². The molecule has 12 heavy (non-hydrogen) atoms. The Morgan fingerprint density at radius 3 is 2.75 bits per heavy atom. The van der Waals surface area contributed by atoms with Gasteiger partial charge in [-0.15, -0.1) is 11.6 Å². The third-order valence-electron chi connectivity index (χ3n) is 1.41. The third-order valence-corrected chi connectivity index (χ3v) is 1.70. The second kappa shape index (κ2) is 3.40. The van der Waals surface area contributed by atoms with Crippen LogP contribution in [0.4, 0.5) is 5.69 Å². The molecule has 1 aromatic rings. The maximum absolute atomic E-state index is 10.4. The molecule has 0 bridgehead atoms. The minimum Gasteiger partial charge on any atom is -0.508 e. The van der Waals surface area contributed by atoms with Gasteiger partial charge in [-0.3, -0.25) is 10.1 Å². The Hall–Kier alpha value is -1.29. The van der Waals surface area contributed by atoms with Crippen LogP contribution in [0, 0.1) is 10.1 Å². The predicted molar refractivity (Wildman–Crippen MR) is 44.3 cm³/mol. The number of nitro benzene ring substituents is 1. The maximum atomic E-state index is 10.4. The van der Waals surface area contributed by atoms with Gasteiger partial charge >= 0.3 is 0 Å². The molecular formula is C7H6ClNO3. The lowest BCUT2D eigenvalue weighted by Gasteiger charge is -1.98. The SMILES string of the molecule is O=[N+]([O-])c1cc(O)ccc1CCl. The highest BCUT2D eigenvalue weighted by atomic mass is 35.5. The zero-order chi connectivity index (χ0) is 9.14. The first-order valence-electron chi connectivity index (χ1n) is 3.17. The van der Waals surface area contributed by atoms with Crippen molar-refractivity contribution in [2.24, 2.45) is 0 Å². The zero-order valence-electron chi connectivity index (χ0n) is 6.03. The Morgan fingerprint density at radius 1 is 1.58 bits per heavy atom. The standard InChI is InChI=1S/C7H6ClNO3/c8-4-5-1-2-6(10)3-7(5)9(11)12/h1-3,10H,4H2. The van der Waals surface area contributed by atoms with E-state index in [1.807, 2.05) is 0 Å². The van der Waals surface area contributed by atoms with Gasteiger partial charge in [-0.25, -0.2) is 0 Å². The number of halogens is 1. The molecule has 0 aliphatic rings. The van der Waals surface area contributed by atoms with Gasteiger partial charge < -0.3 is 5.11 Å². The summed E-state index contributed by atoms with van der Waals surface area (Å²) in [5.74, 6) is -0.0630. The number of nitrogens with zero attached hydrogens (tertiary/aromatic N) is 1. The van der Waals surface area contributed by atoms with Crippen LogP contribution >= 0.6 is 11.6 Å². The zero-order valence-corrected chi connectivity index (χ0v) is 6.78. The van der Waals surface area contributed by atoms with Gasteiger partial charge in [-0.1, -0.05) is 0 Å². The molecule has 0 atom stereocenters. The largest absolute Gasteiger partial charge is 0.508 e.